The molecule has 1 aromatic heterocycles. The van der Waals surface area contributed by atoms with Crippen LogP contribution in [-0.4, -0.2) is 16.4 Å². The van der Waals surface area contributed by atoms with Crippen LogP contribution in [0.4, 0.5) is 5.69 Å². The molecule has 0 amide bonds. The van der Waals surface area contributed by atoms with Gasteiger partial charge in [0.25, 0.3) is 0 Å². The van der Waals surface area contributed by atoms with Crippen LogP contribution in [0.3, 0.4) is 0 Å². The molecule has 2 aromatic rings. The largest absolute Gasteiger partial charge is 0.398 e. The molecule has 3 heteroatoms. The Balaban J connectivity index is 1.76. The summed E-state index contributed by atoms with van der Waals surface area (Å²) in [6.07, 6.45) is 2.89. The Morgan fingerprint density at radius 1 is 1.17 bits per heavy atom. The van der Waals surface area contributed by atoms with E-state index in [1.54, 1.807) is 0 Å². The van der Waals surface area contributed by atoms with Gasteiger partial charge in [-0.25, -0.2) is 0 Å². The minimum Gasteiger partial charge on any atom is -0.398 e. The van der Waals surface area contributed by atoms with Crippen molar-refractivity contribution < 1.29 is 0 Å². The van der Waals surface area contributed by atoms with Gasteiger partial charge in [-0.1, -0.05) is 18.2 Å². The molecule has 0 bridgehead atoms. The summed E-state index contributed by atoms with van der Waals surface area (Å²) < 4.78 is 0. The van der Waals surface area contributed by atoms with Crippen LogP contribution in [0, 0.1) is 0 Å². The lowest BCUT2D eigenvalue weighted by molar-refractivity contribution is 0.243. The lowest BCUT2D eigenvalue weighted by atomic mass is 9.98. The summed E-state index contributed by atoms with van der Waals surface area (Å²) in [6.45, 7) is 2.93. The number of nitrogen functional groups attached to an aromatic ring is 1. The number of anilines is 1. The maximum absolute atomic E-state index is 6.01. The van der Waals surface area contributed by atoms with Gasteiger partial charge in [-0.2, -0.15) is 0 Å². The first-order valence-corrected chi connectivity index (χ1v) is 6.31. The topological polar surface area (TPSA) is 42.1 Å². The fourth-order valence-electron chi connectivity index (χ4n) is 2.55. The number of nitrogens with two attached hydrogens (primary N) is 1. The molecule has 92 valence electrons. The molecule has 18 heavy (non-hydrogen) atoms. The van der Waals surface area contributed by atoms with Crippen molar-refractivity contribution in [2.24, 2.45) is 0 Å². The zero-order valence-corrected chi connectivity index (χ0v) is 10.3. The molecule has 2 heterocycles. The van der Waals surface area contributed by atoms with Crippen molar-refractivity contribution in [1.82, 2.24) is 9.88 Å². The molecule has 0 fully saturated rings. The molecule has 1 aliphatic heterocycles. The number of rotatable bonds is 2. The predicted octanol–water partition coefficient (Wildman–Crippen LogP) is 2.22. The van der Waals surface area contributed by atoms with Crippen molar-refractivity contribution in [1.29, 1.82) is 0 Å². The third-order valence-electron chi connectivity index (χ3n) is 3.49. The van der Waals surface area contributed by atoms with Crippen molar-refractivity contribution >= 4 is 5.69 Å². The molecule has 1 aromatic carbocycles. The number of hydrogen-bond donors (Lipinski definition) is 1. The fourth-order valence-corrected chi connectivity index (χ4v) is 2.55. The number of benzene rings is 1. The number of aromatic nitrogens is 1. The first-order valence-electron chi connectivity index (χ1n) is 6.31. The van der Waals surface area contributed by atoms with Crippen LogP contribution >= 0.6 is 0 Å². The van der Waals surface area contributed by atoms with E-state index in [0.717, 1.165) is 37.4 Å². The van der Waals surface area contributed by atoms with E-state index >= 15 is 0 Å². The maximum atomic E-state index is 6.01. The van der Waals surface area contributed by atoms with Gasteiger partial charge in [-0.3, -0.25) is 9.88 Å². The second-order valence-corrected chi connectivity index (χ2v) is 4.77. The first kappa shape index (κ1) is 11.2. The predicted molar refractivity (Wildman–Crippen MR) is 72.9 cm³/mol. The van der Waals surface area contributed by atoms with E-state index in [1.807, 2.05) is 30.5 Å². The van der Waals surface area contributed by atoms with E-state index in [-0.39, 0.29) is 0 Å². The highest BCUT2D eigenvalue weighted by molar-refractivity contribution is 5.51. The van der Waals surface area contributed by atoms with Crippen molar-refractivity contribution in [3.8, 4) is 0 Å². The molecule has 3 rings (SSSR count). The summed E-state index contributed by atoms with van der Waals surface area (Å²) in [4.78, 5) is 6.80. The van der Waals surface area contributed by atoms with Gasteiger partial charge in [0.1, 0.15) is 0 Å². The van der Waals surface area contributed by atoms with Crippen LogP contribution in [0.1, 0.15) is 16.8 Å². The normalized spacial score (nSPS) is 15.3. The Morgan fingerprint density at radius 2 is 2.11 bits per heavy atom. The second kappa shape index (κ2) is 4.78. The smallest absolute Gasteiger partial charge is 0.0544 e. The molecule has 0 atom stereocenters. The molecular formula is C15H17N3. The fraction of sp³-hybridized carbons (Fsp3) is 0.267. The molecule has 0 spiro atoms. The van der Waals surface area contributed by atoms with Crippen molar-refractivity contribution in [2.45, 2.75) is 19.5 Å². The molecule has 3 nitrogen and oxygen atoms in total. The molecule has 0 unspecified atom stereocenters. The van der Waals surface area contributed by atoms with E-state index < -0.39 is 0 Å². The molecule has 2 N–H and O–H groups in total. The lowest BCUT2D eigenvalue weighted by Gasteiger charge is -2.29. The van der Waals surface area contributed by atoms with Crippen LogP contribution in [0.25, 0.3) is 0 Å². The van der Waals surface area contributed by atoms with E-state index in [9.17, 15) is 0 Å². The van der Waals surface area contributed by atoms with Crippen molar-refractivity contribution in [3.63, 3.8) is 0 Å². The Hall–Kier alpha value is -1.87. The Morgan fingerprint density at radius 3 is 2.94 bits per heavy atom. The third-order valence-corrected chi connectivity index (χ3v) is 3.49. The van der Waals surface area contributed by atoms with Crippen LogP contribution in [0.2, 0.25) is 0 Å². The number of hydrogen-bond acceptors (Lipinski definition) is 3. The average molecular weight is 239 g/mol. The summed E-state index contributed by atoms with van der Waals surface area (Å²) in [7, 11) is 0. The Bertz CT molecular complexity index is 537. The zero-order valence-electron chi connectivity index (χ0n) is 10.3. The van der Waals surface area contributed by atoms with E-state index in [4.69, 9.17) is 5.73 Å². The van der Waals surface area contributed by atoms with Gasteiger partial charge in [0, 0.05) is 31.5 Å². The Kier molecular flexibility index (Phi) is 2.99. The minimum atomic E-state index is 0.912. The summed E-state index contributed by atoms with van der Waals surface area (Å²) in [5, 5.41) is 0. The van der Waals surface area contributed by atoms with Crippen LogP contribution in [0.5, 0.6) is 0 Å². The van der Waals surface area contributed by atoms with E-state index in [2.05, 4.69) is 22.0 Å². The van der Waals surface area contributed by atoms with Crippen LogP contribution in [0.15, 0.2) is 42.6 Å². The number of fused-ring (bicyclic) bond motifs is 1. The van der Waals surface area contributed by atoms with Gasteiger partial charge in [0.05, 0.1) is 5.69 Å². The van der Waals surface area contributed by atoms with Crippen molar-refractivity contribution in [2.75, 3.05) is 12.3 Å². The van der Waals surface area contributed by atoms with Crippen LogP contribution in [-0.2, 0) is 19.5 Å². The SMILES string of the molecule is Nc1cccc2c1CCN(Cc1ccccn1)C2. The third kappa shape index (κ3) is 2.22. The summed E-state index contributed by atoms with van der Waals surface area (Å²) in [5.74, 6) is 0. The standard InChI is InChI=1S/C15H17N3/c16-15-6-3-4-12-10-18(9-7-14(12)15)11-13-5-1-2-8-17-13/h1-6,8H,7,9-11,16H2. The summed E-state index contributed by atoms with van der Waals surface area (Å²) in [6, 6.07) is 12.3. The minimum absolute atomic E-state index is 0.912. The second-order valence-electron chi connectivity index (χ2n) is 4.77. The highest BCUT2D eigenvalue weighted by atomic mass is 15.1. The van der Waals surface area contributed by atoms with E-state index in [0.29, 0.717) is 0 Å². The zero-order chi connectivity index (χ0) is 12.4. The average Bonchev–Trinajstić information content (AvgIpc) is 2.40. The lowest BCUT2D eigenvalue weighted by Crippen LogP contribution is -2.30. The first-order chi connectivity index (χ1) is 8.83. The van der Waals surface area contributed by atoms with Gasteiger partial charge >= 0.3 is 0 Å². The summed E-state index contributed by atoms with van der Waals surface area (Å²) in [5.41, 5.74) is 10.8. The van der Waals surface area contributed by atoms with Crippen LogP contribution < -0.4 is 5.73 Å². The molecular weight excluding hydrogens is 222 g/mol. The Labute approximate surface area is 107 Å². The highest BCUT2D eigenvalue weighted by Gasteiger charge is 2.17. The van der Waals surface area contributed by atoms with Gasteiger partial charge in [-0.05, 0) is 35.7 Å². The van der Waals surface area contributed by atoms with Gasteiger partial charge in [-0.15, -0.1) is 0 Å². The molecule has 0 radical (unpaired) electrons. The number of nitrogens with zero attached hydrogens (tertiary/aromatic N) is 2. The van der Waals surface area contributed by atoms with Gasteiger partial charge < -0.3 is 5.73 Å². The molecule has 0 saturated carbocycles. The molecule has 0 saturated heterocycles. The molecule has 0 aliphatic carbocycles. The van der Waals surface area contributed by atoms with E-state index in [1.165, 1.54) is 11.1 Å². The maximum Gasteiger partial charge on any atom is 0.0544 e. The van der Waals surface area contributed by atoms with Gasteiger partial charge in [0.2, 0.25) is 0 Å². The monoisotopic (exact) mass is 239 g/mol. The highest BCUT2D eigenvalue weighted by Crippen LogP contribution is 2.24. The van der Waals surface area contributed by atoms with Crippen molar-refractivity contribution in [3.05, 3.63) is 59.4 Å². The number of pyridine rings is 1. The quantitative estimate of drug-likeness (QED) is 0.817. The summed E-state index contributed by atoms with van der Waals surface area (Å²) >= 11 is 0. The molecule has 1 aliphatic rings. The van der Waals surface area contributed by atoms with Gasteiger partial charge in [0.15, 0.2) is 0 Å².